The number of imidazole rings is 1. The maximum absolute atomic E-state index is 13.7. The van der Waals surface area contributed by atoms with Crippen LogP contribution in [0.3, 0.4) is 0 Å². The first-order chi connectivity index (χ1) is 18.2. The van der Waals surface area contributed by atoms with Gasteiger partial charge < -0.3 is 24.7 Å². The van der Waals surface area contributed by atoms with E-state index < -0.39 is 17.9 Å². The summed E-state index contributed by atoms with van der Waals surface area (Å²) in [7, 11) is 3.40. The third kappa shape index (κ3) is 4.12. The van der Waals surface area contributed by atoms with E-state index in [1.54, 1.807) is 35.6 Å². The highest BCUT2D eigenvalue weighted by Crippen LogP contribution is 2.38. The Balaban J connectivity index is 1.32. The molecule has 1 fully saturated rings. The number of nitrogens with one attached hydrogen (secondary N) is 2. The maximum atomic E-state index is 13.7. The summed E-state index contributed by atoms with van der Waals surface area (Å²) < 4.78 is 56.4. The summed E-state index contributed by atoms with van der Waals surface area (Å²) in [6.07, 6.45) is 2.11. The van der Waals surface area contributed by atoms with Crippen molar-refractivity contribution in [1.29, 1.82) is 0 Å². The molecule has 2 N–H and O–H groups in total. The lowest BCUT2D eigenvalue weighted by molar-refractivity contribution is -0.145. The van der Waals surface area contributed by atoms with Crippen molar-refractivity contribution in [2.24, 2.45) is 7.05 Å². The van der Waals surface area contributed by atoms with Crippen molar-refractivity contribution in [1.82, 2.24) is 38.9 Å². The number of nitrogens with zero attached hydrogens (tertiary/aromatic N) is 8. The number of halogens is 4. The summed E-state index contributed by atoms with van der Waals surface area (Å²) in [6, 6.07) is 0.443. The van der Waals surface area contributed by atoms with E-state index in [0.29, 0.717) is 35.6 Å². The summed E-state index contributed by atoms with van der Waals surface area (Å²) in [5.74, 6) is 1.46. The minimum atomic E-state index is -4.58. The summed E-state index contributed by atoms with van der Waals surface area (Å²) in [6.45, 7) is 0.547. The first kappa shape index (κ1) is 24.2. The Labute approximate surface area is 217 Å². The molecule has 198 valence electrons. The topological polar surface area (TPSA) is 121 Å². The molecule has 6 heterocycles. The molecule has 0 radical (unpaired) electrons. The zero-order chi connectivity index (χ0) is 26.6. The first-order valence-corrected chi connectivity index (χ1v) is 11.8. The van der Waals surface area contributed by atoms with Crippen LogP contribution in [0.2, 0.25) is 5.02 Å². The second kappa shape index (κ2) is 9.02. The summed E-state index contributed by atoms with van der Waals surface area (Å²) in [5, 5.41) is 14.4. The van der Waals surface area contributed by atoms with E-state index in [4.69, 9.17) is 21.1 Å². The number of aromatic nitrogens is 8. The Morgan fingerprint density at radius 3 is 2.74 bits per heavy atom. The van der Waals surface area contributed by atoms with Gasteiger partial charge in [0.05, 0.1) is 37.4 Å². The van der Waals surface area contributed by atoms with Gasteiger partial charge in [-0.15, -0.1) is 0 Å². The monoisotopic (exact) mass is 548 g/mol. The molecule has 1 atom stereocenters. The highest BCUT2D eigenvalue weighted by atomic mass is 35.5. The lowest BCUT2D eigenvalue weighted by Crippen LogP contribution is -2.19. The number of alkyl halides is 3. The molecule has 0 unspecified atom stereocenters. The molecule has 16 heteroatoms. The second-order valence-electron chi connectivity index (χ2n) is 8.57. The van der Waals surface area contributed by atoms with E-state index in [2.05, 4.69) is 35.8 Å². The first-order valence-electron chi connectivity index (χ1n) is 11.4. The van der Waals surface area contributed by atoms with Gasteiger partial charge in [0.2, 0.25) is 5.95 Å². The highest BCUT2D eigenvalue weighted by Gasteiger charge is 2.38. The van der Waals surface area contributed by atoms with Crippen LogP contribution in [0.15, 0.2) is 30.9 Å². The SMILES string of the molecule is CNc1cn2ncc(Oc3cnc4nc(Nc5cc(C(F)(F)F)n([C@H]6CCOC6)n5)n(C)c4c3Cl)c2cn1. The van der Waals surface area contributed by atoms with Gasteiger partial charge in [0.25, 0.3) is 0 Å². The fourth-order valence-electron chi connectivity index (χ4n) is 4.26. The lowest BCUT2D eigenvalue weighted by atomic mass is 10.2. The minimum absolute atomic E-state index is 0.0185. The molecule has 1 aliphatic rings. The van der Waals surface area contributed by atoms with Crippen LogP contribution in [0.4, 0.5) is 30.8 Å². The number of hydrogen-bond acceptors (Lipinski definition) is 9. The van der Waals surface area contributed by atoms with Gasteiger partial charge in [-0.3, -0.25) is 4.68 Å². The molecule has 0 saturated carbocycles. The fraction of sp³-hybridized carbons (Fsp3) is 0.318. The van der Waals surface area contributed by atoms with Crippen LogP contribution in [-0.2, 0) is 18.0 Å². The number of anilines is 3. The third-order valence-corrected chi connectivity index (χ3v) is 6.53. The number of ether oxygens (including phenoxy) is 2. The van der Waals surface area contributed by atoms with Gasteiger partial charge in [0.1, 0.15) is 27.6 Å². The molecule has 0 amide bonds. The van der Waals surface area contributed by atoms with Crippen LogP contribution >= 0.6 is 11.6 Å². The highest BCUT2D eigenvalue weighted by molar-refractivity contribution is 6.36. The van der Waals surface area contributed by atoms with Crippen LogP contribution in [0.1, 0.15) is 18.2 Å². The Morgan fingerprint density at radius 1 is 1.16 bits per heavy atom. The van der Waals surface area contributed by atoms with Gasteiger partial charge in [0, 0.05) is 26.8 Å². The predicted molar refractivity (Wildman–Crippen MR) is 131 cm³/mol. The van der Waals surface area contributed by atoms with E-state index >= 15 is 0 Å². The van der Waals surface area contributed by atoms with Crippen LogP contribution in [0.25, 0.3) is 16.7 Å². The van der Waals surface area contributed by atoms with Gasteiger partial charge >= 0.3 is 6.18 Å². The molecule has 0 bridgehead atoms. The van der Waals surface area contributed by atoms with Gasteiger partial charge in [-0.1, -0.05) is 11.6 Å². The Morgan fingerprint density at radius 2 is 2.00 bits per heavy atom. The Kier molecular flexibility index (Phi) is 5.75. The van der Waals surface area contributed by atoms with Crippen LogP contribution in [0, 0.1) is 0 Å². The van der Waals surface area contributed by atoms with Crippen molar-refractivity contribution in [3.63, 3.8) is 0 Å². The molecule has 12 nitrogen and oxygen atoms in total. The molecular weight excluding hydrogens is 529 g/mol. The van der Waals surface area contributed by atoms with E-state index in [-0.39, 0.29) is 34.8 Å². The van der Waals surface area contributed by atoms with Crippen molar-refractivity contribution >= 4 is 45.9 Å². The smallest absolute Gasteiger partial charge is 0.433 e. The predicted octanol–water partition coefficient (Wildman–Crippen LogP) is 4.42. The van der Waals surface area contributed by atoms with Crippen molar-refractivity contribution in [2.45, 2.75) is 18.6 Å². The normalized spacial score (nSPS) is 16.0. The van der Waals surface area contributed by atoms with Crippen molar-refractivity contribution in [3.05, 3.63) is 41.6 Å². The lowest BCUT2D eigenvalue weighted by Gasteiger charge is -2.14. The largest absolute Gasteiger partial charge is 0.450 e. The molecule has 5 aromatic rings. The zero-order valence-electron chi connectivity index (χ0n) is 20.0. The molecule has 38 heavy (non-hydrogen) atoms. The van der Waals surface area contributed by atoms with E-state index in [0.717, 1.165) is 10.7 Å². The number of hydrogen-bond donors (Lipinski definition) is 2. The number of aryl methyl sites for hydroxylation is 1. The van der Waals surface area contributed by atoms with Crippen molar-refractivity contribution in [2.75, 3.05) is 30.9 Å². The Hall–Kier alpha value is -4.11. The van der Waals surface area contributed by atoms with Crippen LogP contribution in [0.5, 0.6) is 11.5 Å². The Bertz CT molecular complexity index is 1650. The maximum Gasteiger partial charge on any atom is 0.433 e. The van der Waals surface area contributed by atoms with Gasteiger partial charge in [-0.25, -0.2) is 14.5 Å². The van der Waals surface area contributed by atoms with E-state index in [9.17, 15) is 13.2 Å². The van der Waals surface area contributed by atoms with Crippen molar-refractivity contribution in [3.8, 4) is 11.5 Å². The molecule has 0 aromatic carbocycles. The minimum Gasteiger partial charge on any atom is -0.450 e. The summed E-state index contributed by atoms with van der Waals surface area (Å²) in [4.78, 5) is 13.0. The second-order valence-corrected chi connectivity index (χ2v) is 8.94. The standard InChI is InChI=1S/C22H20ClF3N10O2/c1-27-17-9-35-12(6-28-17)13(8-30-35)38-14-7-29-20-19(18(14)23)34(2)21(32-20)31-16-5-15(22(24,25)26)36(33-16)11-3-4-37-10-11/h5-9,11,27H,3-4,10H2,1-2H3,(H,29,31,32,33)/t11-/m0/s1. The molecular formula is C22H20ClF3N10O2. The number of pyridine rings is 1. The van der Waals surface area contributed by atoms with E-state index in [1.807, 2.05) is 0 Å². The molecule has 1 saturated heterocycles. The third-order valence-electron chi connectivity index (χ3n) is 6.17. The van der Waals surface area contributed by atoms with Crippen LogP contribution < -0.4 is 15.4 Å². The fourth-order valence-corrected chi connectivity index (χ4v) is 4.56. The average Bonchev–Trinajstić information content (AvgIpc) is 3.67. The summed E-state index contributed by atoms with van der Waals surface area (Å²) in [5.41, 5.74) is 0.424. The van der Waals surface area contributed by atoms with E-state index in [1.165, 1.54) is 12.4 Å². The molecule has 1 aliphatic heterocycles. The average molecular weight is 549 g/mol. The molecule has 0 aliphatic carbocycles. The number of rotatable bonds is 6. The van der Waals surface area contributed by atoms with Crippen LogP contribution in [-0.4, -0.2) is 59.2 Å². The van der Waals surface area contributed by atoms with Gasteiger partial charge in [-0.05, 0) is 6.42 Å². The summed E-state index contributed by atoms with van der Waals surface area (Å²) >= 11 is 6.67. The van der Waals surface area contributed by atoms with Crippen molar-refractivity contribution < 1.29 is 22.6 Å². The molecule has 5 aromatic heterocycles. The molecule has 6 rings (SSSR count). The molecule has 0 spiro atoms. The number of fused-ring (bicyclic) bond motifs is 2. The quantitative estimate of drug-likeness (QED) is 0.317. The van der Waals surface area contributed by atoms with Gasteiger partial charge in [0.15, 0.2) is 23.0 Å². The zero-order valence-corrected chi connectivity index (χ0v) is 20.7. The van der Waals surface area contributed by atoms with Gasteiger partial charge in [-0.2, -0.15) is 28.4 Å².